The van der Waals surface area contributed by atoms with Gasteiger partial charge in [0.25, 0.3) is 17.7 Å². The summed E-state index contributed by atoms with van der Waals surface area (Å²) in [5.41, 5.74) is 0.427. The van der Waals surface area contributed by atoms with Crippen molar-refractivity contribution in [1.29, 1.82) is 0 Å². The molecule has 0 radical (unpaired) electrons. The molecule has 150 valence electrons. The Hall–Kier alpha value is -3.23. The number of fused-ring (bicyclic) bond motifs is 1. The zero-order valence-corrected chi connectivity index (χ0v) is 16.1. The zero-order valence-electron chi connectivity index (χ0n) is 16.1. The molecule has 0 bridgehead atoms. The third-order valence-electron chi connectivity index (χ3n) is 4.18. The molecule has 28 heavy (non-hydrogen) atoms. The van der Waals surface area contributed by atoms with Gasteiger partial charge >= 0.3 is 12.1 Å². The van der Waals surface area contributed by atoms with Crippen LogP contribution in [0.4, 0.5) is 4.79 Å². The van der Waals surface area contributed by atoms with Crippen LogP contribution in [0, 0.1) is 5.92 Å². The third kappa shape index (κ3) is 4.36. The summed E-state index contributed by atoms with van der Waals surface area (Å²) in [6, 6.07) is 5.09. The summed E-state index contributed by atoms with van der Waals surface area (Å²) < 4.78 is 9.44. The number of hydrogen-bond donors (Lipinski definition) is 1. The van der Waals surface area contributed by atoms with E-state index < -0.39 is 41.9 Å². The Balaban J connectivity index is 2.21. The smallest absolute Gasteiger partial charge is 0.413 e. The SMILES string of the molecule is COC(=O)NC(=O)[C@H](C)OC(=O)[C@@H](CC(C)C)N1C(=O)c2ccccc2C1=O. The minimum absolute atomic E-state index is 0.0407. The number of imide groups is 2. The van der Waals surface area contributed by atoms with Crippen molar-refractivity contribution in [2.24, 2.45) is 5.92 Å². The Morgan fingerprint density at radius 1 is 1.04 bits per heavy atom. The highest BCUT2D eigenvalue weighted by molar-refractivity contribution is 6.22. The van der Waals surface area contributed by atoms with Gasteiger partial charge in [-0.05, 0) is 31.4 Å². The molecule has 0 saturated heterocycles. The number of hydrogen-bond acceptors (Lipinski definition) is 7. The molecule has 9 nitrogen and oxygen atoms in total. The quantitative estimate of drug-likeness (QED) is 0.577. The Labute approximate surface area is 162 Å². The van der Waals surface area contributed by atoms with Crippen LogP contribution in [0.5, 0.6) is 0 Å². The molecular formula is C19H22N2O7. The second-order valence-electron chi connectivity index (χ2n) is 6.73. The molecule has 2 rings (SSSR count). The van der Waals surface area contributed by atoms with Gasteiger partial charge in [0, 0.05) is 0 Å². The summed E-state index contributed by atoms with van der Waals surface area (Å²) in [6.07, 6.45) is -2.15. The highest BCUT2D eigenvalue weighted by Crippen LogP contribution is 2.27. The lowest BCUT2D eigenvalue weighted by molar-refractivity contribution is -0.158. The van der Waals surface area contributed by atoms with Gasteiger partial charge in [0.05, 0.1) is 18.2 Å². The monoisotopic (exact) mass is 390 g/mol. The lowest BCUT2D eigenvalue weighted by Gasteiger charge is -2.27. The van der Waals surface area contributed by atoms with E-state index in [2.05, 4.69) is 4.74 Å². The third-order valence-corrected chi connectivity index (χ3v) is 4.18. The molecule has 0 fully saturated rings. The lowest BCUT2D eigenvalue weighted by atomic mass is 10.0. The number of nitrogens with one attached hydrogen (secondary N) is 1. The van der Waals surface area contributed by atoms with Crippen molar-refractivity contribution in [2.75, 3.05) is 7.11 Å². The van der Waals surface area contributed by atoms with Gasteiger partial charge in [-0.1, -0.05) is 26.0 Å². The van der Waals surface area contributed by atoms with Crippen LogP contribution in [0.3, 0.4) is 0 Å². The number of methoxy groups -OCH3 is 1. The first-order valence-corrected chi connectivity index (χ1v) is 8.73. The first kappa shape index (κ1) is 21.1. The number of carbonyl (C=O) groups is 5. The van der Waals surface area contributed by atoms with Gasteiger partial charge in [-0.3, -0.25) is 24.6 Å². The first-order chi connectivity index (χ1) is 13.2. The molecule has 1 aliphatic rings. The van der Waals surface area contributed by atoms with Gasteiger partial charge in [-0.2, -0.15) is 0 Å². The van der Waals surface area contributed by atoms with Crippen molar-refractivity contribution in [3.63, 3.8) is 0 Å². The fourth-order valence-corrected chi connectivity index (χ4v) is 2.80. The van der Waals surface area contributed by atoms with Crippen molar-refractivity contribution < 1.29 is 33.4 Å². The predicted octanol–water partition coefficient (Wildman–Crippen LogP) is 1.51. The van der Waals surface area contributed by atoms with Crippen LogP contribution in [0.25, 0.3) is 0 Å². The molecule has 0 aromatic heterocycles. The van der Waals surface area contributed by atoms with Crippen LogP contribution in [0.1, 0.15) is 47.9 Å². The largest absolute Gasteiger partial charge is 0.453 e. The van der Waals surface area contributed by atoms with Gasteiger partial charge in [0.2, 0.25) is 0 Å². The van der Waals surface area contributed by atoms with Crippen LogP contribution in [0.15, 0.2) is 24.3 Å². The molecule has 9 heteroatoms. The first-order valence-electron chi connectivity index (χ1n) is 8.73. The van der Waals surface area contributed by atoms with E-state index in [1.165, 1.54) is 19.1 Å². The van der Waals surface area contributed by atoms with Crippen molar-refractivity contribution >= 4 is 29.8 Å². The number of nitrogens with zero attached hydrogens (tertiary/aromatic N) is 1. The second-order valence-corrected chi connectivity index (χ2v) is 6.73. The summed E-state index contributed by atoms with van der Waals surface area (Å²) in [6.45, 7) is 4.92. The molecule has 0 spiro atoms. The molecule has 1 heterocycles. The van der Waals surface area contributed by atoms with Crippen molar-refractivity contribution in [3.05, 3.63) is 35.4 Å². The Bertz CT molecular complexity index is 783. The number of amides is 4. The maximum Gasteiger partial charge on any atom is 0.413 e. The number of alkyl carbamates (subject to hydrolysis) is 1. The topological polar surface area (TPSA) is 119 Å². The van der Waals surface area contributed by atoms with E-state index in [9.17, 15) is 24.0 Å². The molecule has 1 aromatic rings. The van der Waals surface area contributed by atoms with E-state index in [-0.39, 0.29) is 23.5 Å². The zero-order chi connectivity index (χ0) is 21.0. The molecule has 0 unspecified atom stereocenters. The fraction of sp³-hybridized carbons (Fsp3) is 0.421. The van der Waals surface area contributed by atoms with E-state index in [1.807, 2.05) is 19.2 Å². The van der Waals surface area contributed by atoms with Crippen molar-refractivity contribution in [3.8, 4) is 0 Å². The summed E-state index contributed by atoms with van der Waals surface area (Å²) in [5.74, 6) is -3.01. The Kier molecular flexibility index (Phi) is 6.50. The van der Waals surface area contributed by atoms with Crippen LogP contribution in [0.2, 0.25) is 0 Å². The Morgan fingerprint density at radius 3 is 2.04 bits per heavy atom. The van der Waals surface area contributed by atoms with Gasteiger partial charge in [0.15, 0.2) is 6.10 Å². The number of esters is 1. The van der Waals surface area contributed by atoms with Crippen LogP contribution in [-0.2, 0) is 19.1 Å². The van der Waals surface area contributed by atoms with Crippen LogP contribution >= 0.6 is 0 Å². The normalized spacial score (nSPS) is 15.1. The van der Waals surface area contributed by atoms with Crippen molar-refractivity contribution in [1.82, 2.24) is 10.2 Å². The maximum absolute atomic E-state index is 12.7. The number of benzene rings is 1. The molecule has 0 saturated carbocycles. The molecule has 1 aliphatic heterocycles. The highest BCUT2D eigenvalue weighted by atomic mass is 16.6. The maximum atomic E-state index is 12.7. The van der Waals surface area contributed by atoms with Crippen LogP contribution < -0.4 is 5.32 Å². The molecule has 4 amide bonds. The predicted molar refractivity (Wildman–Crippen MR) is 96.3 cm³/mol. The highest BCUT2D eigenvalue weighted by Gasteiger charge is 2.44. The van der Waals surface area contributed by atoms with Gasteiger partial charge in [-0.25, -0.2) is 9.59 Å². The van der Waals surface area contributed by atoms with Gasteiger partial charge in [-0.15, -0.1) is 0 Å². The van der Waals surface area contributed by atoms with E-state index in [0.29, 0.717) is 0 Å². The summed E-state index contributed by atoms with van der Waals surface area (Å²) >= 11 is 0. The molecule has 2 atom stereocenters. The van der Waals surface area contributed by atoms with E-state index in [0.717, 1.165) is 12.0 Å². The fourth-order valence-electron chi connectivity index (χ4n) is 2.80. The molecular weight excluding hydrogens is 368 g/mol. The minimum Gasteiger partial charge on any atom is -0.453 e. The second kappa shape index (κ2) is 8.64. The molecule has 1 aromatic carbocycles. The van der Waals surface area contributed by atoms with E-state index in [1.54, 1.807) is 12.1 Å². The number of rotatable bonds is 6. The van der Waals surface area contributed by atoms with Gasteiger partial charge < -0.3 is 9.47 Å². The summed E-state index contributed by atoms with van der Waals surface area (Å²) in [5, 5.41) is 1.89. The van der Waals surface area contributed by atoms with E-state index >= 15 is 0 Å². The van der Waals surface area contributed by atoms with Gasteiger partial charge in [0.1, 0.15) is 6.04 Å². The standard InChI is InChI=1S/C19H22N2O7/c1-10(2)9-14(18(25)28-11(3)15(22)20-19(26)27-4)21-16(23)12-7-5-6-8-13(12)17(21)24/h5-8,10-11,14H,9H2,1-4H3,(H,20,22,26)/t11-,14+/m0/s1. The lowest BCUT2D eigenvalue weighted by Crippen LogP contribution is -2.48. The summed E-state index contributed by atoms with van der Waals surface area (Å²) in [7, 11) is 1.08. The van der Waals surface area contributed by atoms with E-state index in [4.69, 9.17) is 4.74 Å². The summed E-state index contributed by atoms with van der Waals surface area (Å²) in [4.78, 5) is 62.0. The molecule has 1 N–H and O–H groups in total. The average Bonchev–Trinajstić information content (AvgIpc) is 2.90. The number of ether oxygens (including phenoxy) is 2. The van der Waals surface area contributed by atoms with Crippen molar-refractivity contribution in [2.45, 2.75) is 39.3 Å². The average molecular weight is 390 g/mol. The van der Waals surface area contributed by atoms with Crippen LogP contribution in [-0.4, -0.2) is 53.9 Å². The Morgan fingerprint density at radius 2 is 1.57 bits per heavy atom. The minimum atomic E-state index is -1.32. The number of carbonyl (C=O) groups excluding carboxylic acids is 5. The molecule has 0 aliphatic carbocycles.